The standard InChI is InChI=1S/C18H29N3O2.3C2HF3O2/c1-20(2)9-11-22-14-16-3-4-17-18(16)23-12-10-21(17)13-15-5-7-19-8-6-15;3*3-2(4,5)1(6)7/h5-8,16-18H,3-4,9-14H2,1-2H3;3*(H,6,7). The first-order valence-corrected chi connectivity index (χ1v) is 12.4. The van der Waals surface area contributed by atoms with Crippen LogP contribution in [0, 0.1) is 5.92 Å². The van der Waals surface area contributed by atoms with Crippen LogP contribution in [0.3, 0.4) is 0 Å². The van der Waals surface area contributed by atoms with E-state index in [0.717, 1.165) is 39.5 Å². The molecule has 0 bridgehead atoms. The summed E-state index contributed by atoms with van der Waals surface area (Å²) in [4.78, 5) is 35.5. The predicted molar refractivity (Wildman–Crippen MR) is 131 cm³/mol. The zero-order chi connectivity index (χ0) is 34.3. The van der Waals surface area contributed by atoms with Crippen LogP contribution in [0.15, 0.2) is 24.5 Å². The Kier molecular flexibility index (Phi) is 17.2. The van der Waals surface area contributed by atoms with Gasteiger partial charge >= 0.3 is 36.4 Å². The summed E-state index contributed by atoms with van der Waals surface area (Å²) in [5.74, 6) is -7.73. The van der Waals surface area contributed by atoms with E-state index in [0.29, 0.717) is 18.1 Å². The Morgan fingerprint density at radius 3 is 1.77 bits per heavy atom. The van der Waals surface area contributed by atoms with Gasteiger partial charge in [-0.25, -0.2) is 14.4 Å². The van der Waals surface area contributed by atoms with Crippen molar-refractivity contribution < 1.29 is 78.7 Å². The summed E-state index contributed by atoms with van der Waals surface area (Å²) in [6, 6.07) is 4.77. The van der Waals surface area contributed by atoms with E-state index in [9.17, 15) is 39.5 Å². The normalized spacial score (nSPS) is 20.1. The largest absolute Gasteiger partial charge is 0.490 e. The van der Waals surface area contributed by atoms with E-state index in [1.54, 1.807) is 0 Å². The molecule has 0 aromatic carbocycles. The number of alkyl halides is 9. The van der Waals surface area contributed by atoms with Gasteiger partial charge in [-0.1, -0.05) is 0 Å². The second-order valence-electron chi connectivity index (χ2n) is 9.35. The first-order valence-electron chi connectivity index (χ1n) is 12.4. The van der Waals surface area contributed by atoms with Crippen molar-refractivity contribution in [2.24, 2.45) is 5.92 Å². The van der Waals surface area contributed by atoms with E-state index in [4.69, 9.17) is 39.2 Å². The Hall–Kier alpha value is -3.23. The molecule has 2 fully saturated rings. The van der Waals surface area contributed by atoms with E-state index in [-0.39, 0.29) is 0 Å². The average molecular weight is 662 g/mol. The van der Waals surface area contributed by atoms with Crippen molar-refractivity contribution in [3.05, 3.63) is 30.1 Å². The number of aliphatic carboxylic acids is 3. The number of morpholine rings is 1. The van der Waals surface area contributed by atoms with Gasteiger partial charge in [-0.3, -0.25) is 9.88 Å². The van der Waals surface area contributed by atoms with Gasteiger partial charge in [-0.2, -0.15) is 39.5 Å². The molecule has 44 heavy (non-hydrogen) atoms. The highest BCUT2D eigenvalue weighted by molar-refractivity contribution is 5.73. The summed E-state index contributed by atoms with van der Waals surface area (Å²) >= 11 is 0. The predicted octanol–water partition coefficient (Wildman–Crippen LogP) is 3.54. The van der Waals surface area contributed by atoms with Crippen molar-refractivity contribution in [1.29, 1.82) is 0 Å². The van der Waals surface area contributed by atoms with Gasteiger partial charge in [-0.05, 0) is 44.6 Å². The lowest BCUT2D eigenvalue weighted by Gasteiger charge is -2.39. The van der Waals surface area contributed by atoms with Gasteiger partial charge in [0.15, 0.2) is 0 Å². The van der Waals surface area contributed by atoms with Gasteiger partial charge in [0.25, 0.3) is 0 Å². The Bertz CT molecular complexity index is 952. The summed E-state index contributed by atoms with van der Waals surface area (Å²) in [5.41, 5.74) is 1.34. The third-order valence-electron chi connectivity index (χ3n) is 5.71. The lowest BCUT2D eigenvalue weighted by molar-refractivity contribution is -0.193. The zero-order valence-electron chi connectivity index (χ0n) is 23.3. The molecule has 1 saturated heterocycles. The van der Waals surface area contributed by atoms with Crippen LogP contribution in [0.1, 0.15) is 18.4 Å². The zero-order valence-corrected chi connectivity index (χ0v) is 23.3. The van der Waals surface area contributed by atoms with E-state index >= 15 is 0 Å². The molecule has 1 aromatic heterocycles. The lowest BCUT2D eigenvalue weighted by atomic mass is 10.0. The van der Waals surface area contributed by atoms with E-state index < -0.39 is 36.4 Å². The summed E-state index contributed by atoms with van der Waals surface area (Å²) < 4.78 is 107. The second kappa shape index (κ2) is 18.5. The van der Waals surface area contributed by atoms with Crippen LogP contribution in [0.5, 0.6) is 0 Å². The minimum atomic E-state index is -5.08. The average Bonchev–Trinajstić information content (AvgIpc) is 3.30. The van der Waals surface area contributed by atoms with Gasteiger partial charge in [0.2, 0.25) is 0 Å². The fraction of sp³-hybridized carbons (Fsp3) is 0.667. The summed E-state index contributed by atoms with van der Waals surface area (Å²) in [6.45, 7) is 5.48. The lowest BCUT2D eigenvalue weighted by Crippen LogP contribution is -2.50. The third kappa shape index (κ3) is 17.2. The van der Waals surface area contributed by atoms with Crippen LogP contribution in [-0.4, -0.2) is 126 Å². The van der Waals surface area contributed by atoms with Crippen LogP contribution < -0.4 is 0 Å². The molecular formula is C24H32F9N3O8. The van der Waals surface area contributed by atoms with Gasteiger partial charge in [-0.15, -0.1) is 0 Å². The number of nitrogens with zero attached hydrogens (tertiary/aromatic N) is 3. The minimum absolute atomic E-state index is 0.338. The first-order chi connectivity index (χ1) is 20.1. The second-order valence-corrected chi connectivity index (χ2v) is 9.35. The van der Waals surface area contributed by atoms with Crippen molar-refractivity contribution in [2.75, 3.05) is 47.0 Å². The number of fused-ring (bicyclic) bond motifs is 1. The highest BCUT2D eigenvalue weighted by Gasteiger charge is 2.43. The Morgan fingerprint density at radius 1 is 0.909 bits per heavy atom. The Labute approximate surface area is 245 Å². The number of hydrogen-bond donors (Lipinski definition) is 3. The van der Waals surface area contributed by atoms with Gasteiger partial charge in [0, 0.05) is 44.0 Å². The molecule has 3 N–H and O–H groups in total. The molecule has 20 heteroatoms. The van der Waals surface area contributed by atoms with Crippen molar-refractivity contribution >= 4 is 17.9 Å². The molecule has 0 amide bonds. The molecule has 0 spiro atoms. The van der Waals surface area contributed by atoms with Crippen LogP contribution in [0.2, 0.25) is 0 Å². The molecule has 1 aromatic rings. The van der Waals surface area contributed by atoms with Crippen molar-refractivity contribution in [3.63, 3.8) is 0 Å². The molecule has 1 saturated carbocycles. The highest BCUT2D eigenvalue weighted by Crippen LogP contribution is 2.35. The van der Waals surface area contributed by atoms with Gasteiger partial charge in [0.05, 0.1) is 25.9 Å². The SMILES string of the molecule is CN(C)CCOCC1CCC2C1OCCN2Cc1ccncc1.O=C(O)C(F)(F)F.O=C(O)C(F)(F)F.O=C(O)C(F)(F)F. The number of carbonyl (C=O) groups is 3. The summed E-state index contributed by atoms with van der Waals surface area (Å²) in [6.07, 6.45) is -8.72. The fourth-order valence-corrected chi connectivity index (χ4v) is 3.72. The number of aromatic nitrogens is 1. The number of pyridine rings is 1. The van der Waals surface area contributed by atoms with E-state index in [1.807, 2.05) is 12.4 Å². The maximum atomic E-state index is 10.6. The summed E-state index contributed by atoms with van der Waals surface area (Å²) in [5, 5.41) is 21.4. The smallest absolute Gasteiger partial charge is 0.475 e. The number of carboxylic acid groups (broad SMARTS) is 3. The van der Waals surface area contributed by atoms with Crippen LogP contribution >= 0.6 is 0 Å². The molecule has 11 nitrogen and oxygen atoms in total. The maximum absolute atomic E-state index is 10.6. The molecule has 2 heterocycles. The molecule has 0 radical (unpaired) electrons. The topological polar surface area (TPSA) is 150 Å². The third-order valence-corrected chi connectivity index (χ3v) is 5.71. The molecule has 3 rings (SSSR count). The van der Waals surface area contributed by atoms with Crippen LogP contribution in [-0.2, 0) is 30.4 Å². The molecule has 1 aliphatic heterocycles. The summed E-state index contributed by atoms with van der Waals surface area (Å²) in [7, 11) is 4.16. The number of carboxylic acids is 3. The van der Waals surface area contributed by atoms with E-state index in [1.165, 1.54) is 18.4 Å². The minimum Gasteiger partial charge on any atom is -0.475 e. The monoisotopic (exact) mass is 661 g/mol. The Morgan fingerprint density at radius 2 is 1.36 bits per heavy atom. The molecular weight excluding hydrogens is 629 g/mol. The molecule has 254 valence electrons. The number of hydrogen-bond acceptors (Lipinski definition) is 8. The van der Waals surface area contributed by atoms with E-state index in [2.05, 4.69) is 41.0 Å². The molecule has 2 aliphatic rings. The number of rotatable bonds is 7. The molecule has 1 aliphatic carbocycles. The quantitative estimate of drug-likeness (QED) is 0.291. The molecule has 3 unspecified atom stereocenters. The van der Waals surface area contributed by atoms with Crippen molar-refractivity contribution in [1.82, 2.24) is 14.8 Å². The van der Waals surface area contributed by atoms with Crippen molar-refractivity contribution in [2.45, 2.75) is 50.1 Å². The first kappa shape index (κ1) is 40.8. The molecule has 3 atom stereocenters. The number of likely N-dealkylation sites (N-methyl/N-ethyl adjacent to an activating group) is 1. The van der Waals surface area contributed by atoms with Crippen LogP contribution in [0.4, 0.5) is 39.5 Å². The fourth-order valence-electron chi connectivity index (χ4n) is 3.72. The van der Waals surface area contributed by atoms with Crippen molar-refractivity contribution in [3.8, 4) is 0 Å². The Balaban J connectivity index is 0.000000721. The highest BCUT2D eigenvalue weighted by atomic mass is 19.4. The van der Waals surface area contributed by atoms with Gasteiger partial charge < -0.3 is 29.7 Å². The number of halogens is 9. The van der Waals surface area contributed by atoms with Gasteiger partial charge in [0.1, 0.15) is 0 Å². The maximum Gasteiger partial charge on any atom is 0.490 e. The van der Waals surface area contributed by atoms with Crippen LogP contribution in [0.25, 0.3) is 0 Å². The number of ether oxygens (including phenoxy) is 2.